The lowest BCUT2D eigenvalue weighted by Gasteiger charge is -2.13. The molecule has 0 amide bonds. The second kappa shape index (κ2) is 9.08. The first-order valence-corrected chi connectivity index (χ1v) is 9.11. The molecule has 0 unspecified atom stereocenters. The summed E-state index contributed by atoms with van der Waals surface area (Å²) in [5.74, 6) is 2.29. The van der Waals surface area contributed by atoms with Crippen LogP contribution in [-0.4, -0.2) is 25.3 Å². The smallest absolute Gasteiger partial charge is 0.161 e. The molecule has 1 aromatic heterocycles. The van der Waals surface area contributed by atoms with Crippen LogP contribution in [-0.2, 0) is 6.42 Å². The lowest BCUT2D eigenvalue weighted by atomic mass is 10.1. The zero-order valence-corrected chi connectivity index (χ0v) is 15.9. The Hall–Kier alpha value is -3.01. The SMILES string of the molecule is C=CCc1ccc(OCCCOc2cccc3ccc(C)nc23)c(OC)c1. The van der Waals surface area contributed by atoms with Crippen LogP contribution >= 0.6 is 0 Å². The molecule has 0 N–H and O–H groups in total. The van der Waals surface area contributed by atoms with Gasteiger partial charge in [0.25, 0.3) is 0 Å². The molecule has 0 saturated carbocycles. The second-order valence-electron chi connectivity index (χ2n) is 6.31. The van der Waals surface area contributed by atoms with Crippen LogP contribution in [0.25, 0.3) is 10.9 Å². The molecular formula is C23H25NO3. The molecule has 1 heterocycles. The molecule has 0 spiro atoms. The zero-order chi connectivity index (χ0) is 19.1. The molecule has 4 nitrogen and oxygen atoms in total. The fraction of sp³-hybridized carbons (Fsp3) is 0.261. The number of allylic oxidation sites excluding steroid dienone is 1. The molecule has 4 heteroatoms. The highest BCUT2D eigenvalue weighted by Gasteiger charge is 2.06. The number of fused-ring (bicyclic) bond motifs is 1. The number of rotatable bonds is 9. The summed E-state index contributed by atoms with van der Waals surface area (Å²) in [5, 5.41) is 1.08. The van der Waals surface area contributed by atoms with Crippen molar-refractivity contribution >= 4 is 10.9 Å². The van der Waals surface area contributed by atoms with Crippen molar-refractivity contribution in [2.24, 2.45) is 0 Å². The van der Waals surface area contributed by atoms with Crippen molar-refractivity contribution in [1.82, 2.24) is 4.98 Å². The van der Waals surface area contributed by atoms with Gasteiger partial charge in [0.05, 0.1) is 20.3 Å². The van der Waals surface area contributed by atoms with Crippen LogP contribution in [0.2, 0.25) is 0 Å². The molecule has 0 bridgehead atoms. The maximum atomic E-state index is 5.94. The summed E-state index contributed by atoms with van der Waals surface area (Å²) in [6, 6.07) is 16.0. The highest BCUT2D eigenvalue weighted by molar-refractivity contribution is 5.84. The van der Waals surface area contributed by atoms with E-state index in [2.05, 4.69) is 17.6 Å². The molecular weight excluding hydrogens is 338 g/mol. The number of aryl methyl sites for hydroxylation is 1. The monoisotopic (exact) mass is 363 g/mol. The molecule has 27 heavy (non-hydrogen) atoms. The first-order chi connectivity index (χ1) is 13.2. The molecule has 0 fully saturated rings. The highest BCUT2D eigenvalue weighted by Crippen LogP contribution is 2.28. The van der Waals surface area contributed by atoms with Gasteiger partial charge >= 0.3 is 0 Å². The van der Waals surface area contributed by atoms with Gasteiger partial charge in [0.15, 0.2) is 11.5 Å². The lowest BCUT2D eigenvalue weighted by Crippen LogP contribution is -2.06. The average molecular weight is 363 g/mol. The number of benzene rings is 2. The van der Waals surface area contributed by atoms with E-state index >= 15 is 0 Å². The maximum absolute atomic E-state index is 5.94. The Morgan fingerprint density at radius 3 is 2.56 bits per heavy atom. The van der Waals surface area contributed by atoms with Gasteiger partial charge in [-0.3, -0.25) is 0 Å². The van der Waals surface area contributed by atoms with E-state index in [-0.39, 0.29) is 0 Å². The minimum Gasteiger partial charge on any atom is -0.493 e. The molecule has 2 aromatic carbocycles. The van der Waals surface area contributed by atoms with Crippen LogP contribution in [0.3, 0.4) is 0 Å². The number of hydrogen-bond donors (Lipinski definition) is 0. The van der Waals surface area contributed by atoms with Gasteiger partial charge in [-0.15, -0.1) is 6.58 Å². The Morgan fingerprint density at radius 2 is 1.78 bits per heavy atom. The zero-order valence-electron chi connectivity index (χ0n) is 15.9. The second-order valence-corrected chi connectivity index (χ2v) is 6.31. The summed E-state index contributed by atoms with van der Waals surface area (Å²) in [6.07, 6.45) is 3.44. The minimum atomic E-state index is 0.550. The van der Waals surface area contributed by atoms with Crippen molar-refractivity contribution in [2.75, 3.05) is 20.3 Å². The third kappa shape index (κ3) is 4.79. The van der Waals surface area contributed by atoms with E-state index in [1.165, 1.54) is 0 Å². The van der Waals surface area contributed by atoms with Crippen LogP contribution in [0, 0.1) is 6.92 Å². The third-order valence-electron chi connectivity index (χ3n) is 4.23. The quantitative estimate of drug-likeness (QED) is 0.390. The van der Waals surface area contributed by atoms with Gasteiger partial charge in [-0.25, -0.2) is 4.98 Å². The van der Waals surface area contributed by atoms with Crippen LogP contribution in [0.15, 0.2) is 61.2 Å². The predicted molar refractivity (Wildman–Crippen MR) is 109 cm³/mol. The summed E-state index contributed by atoms with van der Waals surface area (Å²) in [5.41, 5.74) is 3.03. The Balaban J connectivity index is 1.54. The number of methoxy groups -OCH3 is 1. The maximum Gasteiger partial charge on any atom is 0.161 e. The van der Waals surface area contributed by atoms with Crippen LogP contribution in [0.4, 0.5) is 0 Å². The third-order valence-corrected chi connectivity index (χ3v) is 4.23. The largest absolute Gasteiger partial charge is 0.493 e. The van der Waals surface area contributed by atoms with Gasteiger partial charge < -0.3 is 14.2 Å². The molecule has 0 aliphatic carbocycles. The van der Waals surface area contributed by atoms with Crippen LogP contribution in [0.1, 0.15) is 17.7 Å². The van der Waals surface area contributed by atoms with Gasteiger partial charge in [0, 0.05) is 17.5 Å². The summed E-state index contributed by atoms with van der Waals surface area (Å²) < 4.78 is 17.2. The standard InChI is InChI=1S/C23H25NO3/c1-4-7-18-11-13-20(22(16-18)25-3)26-14-6-15-27-21-9-5-8-19-12-10-17(2)24-23(19)21/h4-5,8-13,16H,1,6-7,14-15H2,2-3H3. The predicted octanol–water partition coefficient (Wildman–Crippen LogP) is 5.13. The van der Waals surface area contributed by atoms with E-state index in [9.17, 15) is 0 Å². The molecule has 0 radical (unpaired) electrons. The Bertz CT molecular complexity index is 921. The molecule has 3 rings (SSSR count). The molecule has 0 atom stereocenters. The van der Waals surface area contributed by atoms with E-state index in [1.807, 2.05) is 55.5 Å². The van der Waals surface area contributed by atoms with Gasteiger partial charge in [-0.05, 0) is 43.2 Å². The van der Waals surface area contributed by atoms with E-state index < -0.39 is 0 Å². The normalized spacial score (nSPS) is 10.6. The number of nitrogens with zero attached hydrogens (tertiary/aromatic N) is 1. The van der Waals surface area contributed by atoms with Gasteiger partial charge in [0.1, 0.15) is 11.3 Å². The minimum absolute atomic E-state index is 0.550. The van der Waals surface area contributed by atoms with Crippen LogP contribution < -0.4 is 14.2 Å². The van der Waals surface area contributed by atoms with E-state index in [1.54, 1.807) is 7.11 Å². The molecule has 0 saturated heterocycles. The van der Waals surface area contributed by atoms with E-state index in [0.29, 0.717) is 13.2 Å². The van der Waals surface area contributed by atoms with E-state index in [4.69, 9.17) is 14.2 Å². The Kier molecular flexibility index (Phi) is 6.31. The fourth-order valence-electron chi connectivity index (χ4n) is 2.88. The Morgan fingerprint density at radius 1 is 0.963 bits per heavy atom. The van der Waals surface area contributed by atoms with Gasteiger partial charge in [0.2, 0.25) is 0 Å². The topological polar surface area (TPSA) is 40.6 Å². The van der Waals surface area contributed by atoms with E-state index in [0.717, 1.165) is 52.3 Å². The van der Waals surface area contributed by atoms with Crippen molar-refractivity contribution in [3.05, 3.63) is 72.4 Å². The summed E-state index contributed by atoms with van der Waals surface area (Å²) in [7, 11) is 1.65. The lowest BCUT2D eigenvalue weighted by molar-refractivity contribution is 0.241. The van der Waals surface area contributed by atoms with Crippen molar-refractivity contribution in [3.63, 3.8) is 0 Å². The van der Waals surface area contributed by atoms with Crippen molar-refractivity contribution < 1.29 is 14.2 Å². The Labute approximate surface area is 160 Å². The highest BCUT2D eigenvalue weighted by atomic mass is 16.5. The molecule has 0 aliphatic heterocycles. The number of aromatic nitrogens is 1. The summed E-state index contributed by atoms with van der Waals surface area (Å²) >= 11 is 0. The van der Waals surface area contributed by atoms with Crippen molar-refractivity contribution in [1.29, 1.82) is 0 Å². The molecule has 3 aromatic rings. The summed E-state index contributed by atoms with van der Waals surface area (Å²) in [6.45, 7) is 6.86. The molecule has 0 aliphatic rings. The first-order valence-electron chi connectivity index (χ1n) is 9.11. The van der Waals surface area contributed by atoms with Gasteiger partial charge in [-0.1, -0.05) is 30.3 Å². The number of ether oxygens (including phenoxy) is 3. The number of hydrogen-bond acceptors (Lipinski definition) is 4. The van der Waals surface area contributed by atoms with Gasteiger partial charge in [-0.2, -0.15) is 0 Å². The fourth-order valence-corrected chi connectivity index (χ4v) is 2.88. The first kappa shape index (κ1) is 18.8. The number of para-hydroxylation sites is 1. The van der Waals surface area contributed by atoms with Crippen molar-refractivity contribution in [3.8, 4) is 17.2 Å². The van der Waals surface area contributed by atoms with Crippen LogP contribution in [0.5, 0.6) is 17.2 Å². The molecule has 140 valence electrons. The average Bonchev–Trinajstić information content (AvgIpc) is 2.69. The number of pyridine rings is 1. The summed E-state index contributed by atoms with van der Waals surface area (Å²) in [4.78, 5) is 4.59. The van der Waals surface area contributed by atoms with Crippen molar-refractivity contribution in [2.45, 2.75) is 19.8 Å².